The lowest BCUT2D eigenvalue weighted by atomic mass is 10.3. The lowest BCUT2D eigenvalue weighted by Gasteiger charge is -2.09. The number of thiazole rings is 1. The van der Waals surface area contributed by atoms with E-state index >= 15 is 0 Å². The highest BCUT2D eigenvalue weighted by Crippen LogP contribution is 2.17. The minimum atomic E-state index is -0.541. The van der Waals surface area contributed by atoms with Crippen LogP contribution in [0.15, 0.2) is 23.8 Å². The maximum absolute atomic E-state index is 12.3. The Kier molecular flexibility index (Phi) is 4.28. The van der Waals surface area contributed by atoms with Crippen LogP contribution < -0.4 is 5.56 Å². The van der Waals surface area contributed by atoms with Crippen LogP contribution in [-0.2, 0) is 13.1 Å². The topological polar surface area (TPSA) is 60.0 Å². The average molecular weight is 297 g/mol. The third-order valence-electron chi connectivity index (χ3n) is 2.83. The number of nitrogens with zero attached hydrogens (tertiary/aromatic N) is 3. The van der Waals surface area contributed by atoms with E-state index in [0.29, 0.717) is 27.3 Å². The smallest absolute Gasteiger partial charge is 0.273 e. The summed E-state index contributed by atoms with van der Waals surface area (Å²) in [5.74, 6) is 0. The molecule has 0 aromatic carbocycles. The molecule has 0 bridgehead atoms. The number of hydrogen-bond acceptors (Lipinski definition) is 5. The zero-order valence-electron chi connectivity index (χ0n) is 10.6. The number of hydrogen-bond donors (Lipinski definition) is 1. The van der Waals surface area contributed by atoms with Gasteiger partial charge >= 0.3 is 0 Å². The first-order valence-corrected chi connectivity index (χ1v) is 7.18. The first-order valence-electron chi connectivity index (χ1n) is 5.96. The van der Waals surface area contributed by atoms with Gasteiger partial charge in [0, 0.05) is 6.54 Å². The van der Waals surface area contributed by atoms with Crippen molar-refractivity contribution < 1.29 is 5.11 Å². The fraction of sp³-hybridized carbons (Fsp3) is 0.417. The Balaban J connectivity index is 2.57. The SMILES string of the molecule is C=CCn1c(=S)sc2c(=O)n(CC(O)CC)cnc21. The van der Waals surface area contributed by atoms with E-state index in [4.69, 9.17) is 12.2 Å². The summed E-state index contributed by atoms with van der Waals surface area (Å²) < 4.78 is 4.34. The molecule has 0 aliphatic carbocycles. The number of fused-ring (bicyclic) bond motifs is 1. The molecule has 0 spiro atoms. The molecule has 7 heteroatoms. The van der Waals surface area contributed by atoms with Crippen molar-refractivity contribution in [3.8, 4) is 0 Å². The van der Waals surface area contributed by atoms with Gasteiger partial charge in [0.1, 0.15) is 11.0 Å². The molecule has 0 aliphatic rings. The van der Waals surface area contributed by atoms with E-state index in [9.17, 15) is 9.90 Å². The summed E-state index contributed by atoms with van der Waals surface area (Å²) in [5, 5.41) is 9.63. The monoisotopic (exact) mass is 297 g/mol. The van der Waals surface area contributed by atoms with Crippen molar-refractivity contribution in [1.82, 2.24) is 14.1 Å². The second-order valence-corrected chi connectivity index (χ2v) is 5.83. The zero-order valence-corrected chi connectivity index (χ0v) is 12.2. The lowest BCUT2D eigenvalue weighted by Crippen LogP contribution is -2.26. The van der Waals surface area contributed by atoms with E-state index in [2.05, 4.69) is 11.6 Å². The van der Waals surface area contributed by atoms with Crippen LogP contribution in [0.2, 0.25) is 0 Å². The lowest BCUT2D eigenvalue weighted by molar-refractivity contribution is 0.148. The van der Waals surface area contributed by atoms with Gasteiger partial charge in [-0.25, -0.2) is 4.98 Å². The molecule has 0 saturated heterocycles. The largest absolute Gasteiger partial charge is 0.391 e. The van der Waals surface area contributed by atoms with Gasteiger partial charge < -0.3 is 9.67 Å². The molecule has 19 heavy (non-hydrogen) atoms. The summed E-state index contributed by atoms with van der Waals surface area (Å²) in [5.41, 5.74) is 0.429. The number of allylic oxidation sites excluding steroid dienone is 1. The van der Waals surface area contributed by atoms with Gasteiger partial charge in [0.2, 0.25) is 0 Å². The average Bonchev–Trinajstić information content (AvgIpc) is 2.71. The van der Waals surface area contributed by atoms with Crippen LogP contribution in [-0.4, -0.2) is 25.3 Å². The van der Waals surface area contributed by atoms with Crippen molar-refractivity contribution in [3.63, 3.8) is 0 Å². The van der Waals surface area contributed by atoms with Crippen molar-refractivity contribution in [2.24, 2.45) is 0 Å². The summed E-state index contributed by atoms with van der Waals surface area (Å²) in [4.78, 5) is 16.6. The van der Waals surface area contributed by atoms with Crippen LogP contribution in [0.3, 0.4) is 0 Å². The number of rotatable bonds is 5. The van der Waals surface area contributed by atoms with Crippen LogP contribution in [0.1, 0.15) is 13.3 Å². The van der Waals surface area contributed by atoms with Crippen molar-refractivity contribution in [2.75, 3.05) is 0 Å². The molecule has 2 aromatic heterocycles. The number of aliphatic hydroxyl groups is 1. The van der Waals surface area contributed by atoms with E-state index in [1.165, 1.54) is 22.2 Å². The molecule has 2 aromatic rings. The standard InChI is InChI=1S/C12H15N3O2S2/c1-3-5-15-10-9(19-12(15)18)11(17)14(7-13-10)6-8(16)4-2/h3,7-8,16H,1,4-6H2,2H3. The highest BCUT2D eigenvalue weighted by molar-refractivity contribution is 7.73. The van der Waals surface area contributed by atoms with Crippen molar-refractivity contribution in [3.05, 3.63) is 33.3 Å². The third-order valence-corrected chi connectivity index (χ3v) is 4.26. The van der Waals surface area contributed by atoms with E-state index < -0.39 is 6.10 Å². The van der Waals surface area contributed by atoms with Gasteiger partial charge in [-0.1, -0.05) is 24.3 Å². The summed E-state index contributed by atoms with van der Waals surface area (Å²) in [6.45, 7) is 6.32. The van der Waals surface area contributed by atoms with Gasteiger partial charge in [-0.15, -0.1) is 6.58 Å². The molecule has 0 amide bonds. The van der Waals surface area contributed by atoms with Crippen molar-refractivity contribution in [2.45, 2.75) is 32.5 Å². The Morgan fingerprint density at radius 1 is 1.68 bits per heavy atom. The van der Waals surface area contributed by atoms with Crippen LogP contribution in [0, 0.1) is 3.95 Å². The van der Waals surface area contributed by atoms with Crippen LogP contribution >= 0.6 is 23.6 Å². The summed E-state index contributed by atoms with van der Waals surface area (Å²) in [7, 11) is 0. The van der Waals surface area contributed by atoms with Gasteiger partial charge in [0.25, 0.3) is 5.56 Å². The third kappa shape index (κ3) is 2.68. The van der Waals surface area contributed by atoms with Gasteiger partial charge in [0.15, 0.2) is 9.60 Å². The summed E-state index contributed by atoms with van der Waals surface area (Å²) in [6, 6.07) is 0. The molecule has 2 rings (SSSR count). The quantitative estimate of drug-likeness (QED) is 0.677. The summed E-state index contributed by atoms with van der Waals surface area (Å²) in [6.07, 6.45) is 3.23. The van der Waals surface area contributed by atoms with Gasteiger partial charge in [-0.05, 0) is 18.6 Å². The van der Waals surface area contributed by atoms with E-state index in [0.717, 1.165) is 0 Å². The highest BCUT2D eigenvalue weighted by Gasteiger charge is 2.12. The molecule has 0 saturated carbocycles. The maximum Gasteiger partial charge on any atom is 0.273 e. The van der Waals surface area contributed by atoms with Crippen molar-refractivity contribution >= 4 is 33.9 Å². The van der Waals surface area contributed by atoms with Crippen molar-refractivity contribution in [1.29, 1.82) is 0 Å². The molecule has 0 radical (unpaired) electrons. The first-order chi connectivity index (χ1) is 9.08. The Morgan fingerprint density at radius 2 is 2.42 bits per heavy atom. The van der Waals surface area contributed by atoms with Crippen LogP contribution in [0.25, 0.3) is 10.3 Å². The zero-order chi connectivity index (χ0) is 14.0. The minimum Gasteiger partial charge on any atom is -0.391 e. The Labute approximate surface area is 119 Å². The molecule has 1 atom stereocenters. The molecular weight excluding hydrogens is 282 g/mol. The van der Waals surface area contributed by atoms with Gasteiger partial charge in [0.05, 0.1) is 12.6 Å². The molecule has 2 heterocycles. The van der Waals surface area contributed by atoms with Crippen LogP contribution in [0.4, 0.5) is 0 Å². The predicted octanol–water partition coefficient (Wildman–Crippen LogP) is 1.95. The molecular formula is C12H15N3O2S2. The second kappa shape index (κ2) is 5.77. The normalized spacial score (nSPS) is 12.7. The molecule has 1 unspecified atom stereocenters. The molecule has 102 valence electrons. The fourth-order valence-corrected chi connectivity index (χ4v) is 3.06. The first kappa shape index (κ1) is 14.1. The van der Waals surface area contributed by atoms with Gasteiger partial charge in [-0.3, -0.25) is 9.36 Å². The van der Waals surface area contributed by atoms with Crippen LogP contribution in [0.5, 0.6) is 0 Å². The minimum absolute atomic E-state index is 0.156. The molecule has 0 fully saturated rings. The molecule has 5 nitrogen and oxygen atoms in total. The van der Waals surface area contributed by atoms with E-state index in [-0.39, 0.29) is 12.1 Å². The number of aromatic nitrogens is 3. The molecule has 1 N–H and O–H groups in total. The summed E-state index contributed by atoms with van der Waals surface area (Å²) >= 11 is 6.47. The Hall–Kier alpha value is -1.31. The van der Waals surface area contributed by atoms with Gasteiger partial charge in [-0.2, -0.15) is 0 Å². The maximum atomic E-state index is 12.3. The molecule has 0 aliphatic heterocycles. The van der Waals surface area contributed by atoms with E-state index in [1.54, 1.807) is 10.6 Å². The fourth-order valence-electron chi connectivity index (χ4n) is 1.75. The highest BCUT2D eigenvalue weighted by atomic mass is 32.1. The number of aliphatic hydroxyl groups excluding tert-OH is 1. The van der Waals surface area contributed by atoms with E-state index in [1.807, 2.05) is 6.92 Å². The second-order valence-electron chi connectivity index (χ2n) is 4.18. The Morgan fingerprint density at radius 3 is 3.05 bits per heavy atom. The Bertz CT molecular complexity index is 714. The predicted molar refractivity (Wildman–Crippen MR) is 79.2 cm³/mol.